The van der Waals surface area contributed by atoms with Gasteiger partial charge in [-0.3, -0.25) is 0 Å². The molecule has 1 aliphatic heterocycles. The molecule has 0 radical (unpaired) electrons. The van der Waals surface area contributed by atoms with Crippen molar-refractivity contribution in [3.8, 4) is 12.1 Å². The van der Waals surface area contributed by atoms with E-state index in [0.717, 1.165) is 38.0 Å². The van der Waals surface area contributed by atoms with E-state index in [1.54, 1.807) is 0 Å². The minimum absolute atomic E-state index is 0.0126. The zero-order valence-electron chi connectivity index (χ0n) is 10.7. The summed E-state index contributed by atoms with van der Waals surface area (Å²) in [7, 11) is 0. The molecule has 0 aromatic heterocycles. The van der Waals surface area contributed by atoms with E-state index >= 15 is 0 Å². The molecule has 4 heteroatoms. The van der Waals surface area contributed by atoms with Crippen molar-refractivity contribution in [1.29, 1.82) is 10.5 Å². The van der Waals surface area contributed by atoms with E-state index in [-0.39, 0.29) is 5.71 Å². The molecule has 0 spiro atoms. The molecule has 0 amide bonds. The highest BCUT2D eigenvalue weighted by Crippen LogP contribution is 2.30. The van der Waals surface area contributed by atoms with Gasteiger partial charge in [-0.15, -0.1) is 0 Å². The molecule has 0 atom stereocenters. The minimum Gasteiger partial charge on any atom is -0.373 e. The maximum Gasteiger partial charge on any atom is 0.218 e. The van der Waals surface area contributed by atoms with E-state index in [0.29, 0.717) is 0 Å². The van der Waals surface area contributed by atoms with Crippen molar-refractivity contribution in [3.05, 3.63) is 11.4 Å². The van der Waals surface area contributed by atoms with Gasteiger partial charge in [0.2, 0.25) is 5.71 Å². The Kier molecular flexibility index (Phi) is 4.36. The predicted octanol–water partition coefficient (Wildman–Crippen LogP) is 2.75. The van der Waals surface area contributed by atoms with E-state index in [1.165, 1.54) is 31.4 Å². The first kappa shape index (κ1) is 12.6. The Morgan fingerprint density at radius 3 is 2.28 bits per heavy atom. The lowest BCUT2D eigenvalue weighted by atomic mass is 9.98. The highest BCUT2D eigenvalue weighted by Gasteiger charge is 2.20. The Bertz CT molecular complexity index is 425. The Morgan fingerprint density at radius 1 is 0.944 bits per heavy atom. The smallest absolute Gasteiger partial charge is 0.218 e. The highest BCUT2D eigenvalue weighted by atomic mass is 15.1. The van der Waals surface area contributed by atoms with Crippen LogP contribution in [0.1, 0.15) is 44.9 Å². The SMILES string of the molecule is N#CC(C#N)=NC1=C(N2CCCCC2)CCCC1. The largest absolute Gasteiger partial charge is 0.373 e. The molecule has 0 saturated carbocycles. The van der Waals surface area contributed by atoms with Crippen LogP contribution in [0, 0.1) is 22.7 Å². The molecule has 0 bridgehead atoms. The van der Waals surface area contributed by atoms with Crippen LogP contribution in [0.3, 0.4) is 0 Å². The first-order valence-electron chi connectivity index (χ1n) is 6.71. The average molecular weight is 242 g/mol. The van der Waals surface area contributed by atoms with Gasteiger partial charge in [-0.25, -0.2) is 4.99 Å². The van der Waals surface area contributed by atoms with Crippen LogP contribution in [-0.2, 0) is 0 Å². The van der Waals surface area contributed by atoms with Gasteiger partial charge in [0.15, 0.2) is 0 Å². The molecule has 0 N–H and O–H groups in total. The monoisotopic (exact) mass is 242 g/mol. The van der Waals surface area contributed by atoms with Crippen LogP contribution >= 0.6 is 0 Å². The minimum atomic E-state index is -0.0126. The van der Waals surface area contributed by atoms with Crippen LogP contribution in [-0.4, -0.2) is 23.7 Å². The first-order chi connectivity index (χ1) is 8.85. The second-order valence-corrected chi connectivity index (χ2v) is 4.83. The summed E-state index contributed by atoms with van der Waals surface area (Å²) in [6.45, 7) is 2.20. The Balaban J connectivity index is 2.26. The summed E-state index contributed by atoms with van der Waals surface area (Å²) >= 11 is 0. The maximum atomic E-state index is 8.81. The molecule has 0 aromatic carbocycles. The maximum absolute atomic E-state index is 8.81. The molecule has 0 unspecified atom stereocenters. The Hall–Kier alpha value is -1.81. The van der Waals surface area contributed by atoms with Gasteiger partial charge in [0.1, 0.15) is 12.1 Å². The van der Waals surface area contributed by atoms with E-state index < -0.39 is 0 Å². The summed E-state index contributed by atoms with van der Waals surface area (Å²) in [4.78, 5) is 6.67. The number of hydrogen-bond donors (Lipinski definition) is 0. The summed E-state index contributed by atoms with van der Waals surface area (Å²) < 4.78 is 0. The van der Waals surface area contributed by atoms with Crippen LogP contribution in [0.2, 0.25) is 0 Å². The molecule has 1 heterocycles. The quantitative estimate of drug-likeness (QED) is 0.699. The number of allylic oxidation sites excluding steroid dienone is 2. The summed E-state index contributed by atoms with van der Waals surface area (Å²) in [5.41, 5.74) is 2.24. The molecule has 94 valence electrons. The van der Waals surface area contributed by atoms with Gasteiger partial charge in [-0.2, -0.15) is 10.5 Å². The van der Waals surface area contributed by atoms with E-state index in [1.807, 2.05) is 12.1 Å². The molecule has 2 rings (SSSR count). The first-order valence-corrected chi connectivity index (χ1v) is 6.71. The lowest BCUT2D eigenvalue weighted by Gasteiger charge is -2.34. The predicted molar refractivity (Wildman–Crippen MR) is 69.6 cm³/mol. The molecule has 0 aromatic rings. The van der Waals surface area contributed by atoms with Gasteiger partial charge >= 0.3 is 0 Å². The van der Waals surface area contributed by atoms with Gasteiger partial charge in [0.05, 0.1) is 5.70 Å². The van der Waals surface area contributed by atoms with E-state index in [4.69, 9.17) is 10.5 Å². The summed E-state index contributed by atoms with van der Waals surface area (Å²) in [5.74, 6) is 0. The van der Waals surface area contributed by atoms with Crippen molar-refractivity contribution in [2.24, 2.45) is 4.99 Å². The molecule has 1 saturated heterocycles. The van der Waals surface area contributed by atoms with Gasteiger partial charge in [0, 0.05) is 18.8 Å². The average Bonchev–Trinajstić information content (AvgIpc) is 2.46. The van der Waals surface area contributed by atoms with Crippen molar-refractivity contribution in [3.63, 3.8) is 0 Å². The number of nitriles is 2. The second kappa shape index (κ2) is 6.21. The van der Waals surface area contributed by atoms with Crippen molar-refractivity contribution < 1.29 is 0 Å². The van der Waals surface area contributed by atoms with E-state index in [2.05, 4.69) is 9.89 Å². The van der Waals surface area contributed by atoms with Crippen LogP contribution < -0.4 is 0 Å². The molecular formula is C14H18N4. The number of likely N-dealkylation sites (tertiary alicyclic amines) is 1. The number of aliphatic imine (C=N–C) groups is 1. The summed E-state index contributed by atoms with van der Waals surface area (Å²) in [6.07, 6.45) is 8.04. The van der Waals surface area contributed by atoms with Crippen molar-refractivity contribution in [2.45, 2.75) is 44.9 Å². The zero-order chi connectivity index (χ0) is 12.8. The van der Waals surface area contributed by atoms with Crippen LogP contribution in [0.25, 0.3) is 0 Å². The standard InChI is InChI=1S/C14H18N4/c15-10-12(11-16)17-13-6-2-3-7-14(13)18-8-4-1-5-9-18/h1-9H2. The fourth-order valence-corrected chi connectivity index (χ4v) is 2.71. The van der Waals surface area contributed by atoms with Crippen molar-refractivity contribution >= 4 is 5.71 Å². The topological polar surface area (TPSA) is 63.2 Å². The third kappa shape index (κ3) is 2.90. The van der Waals surface area contributed by atoms with Gasteiger partial charge in [0.25, 0.3) is 0 Å². The van der Waals surface area contributed by atoms with Gasteiger partial charge < -0.3 is 4.90 Å². The molecular weight excluding hydrogens is 224 g/mol. The molecule has 1 aliphatic carbocycles. The van der Waals surface area contributed by atoms with Crippen molar-refractivity contribution in [2.75, 3.05) is 13.1 Å². The Morgan fingerprint density at radius 2 is 1.61 bits per heavy atom. The lowest BCUT2D eigenvalue weighted by Crippen LogP contribution is -2.30. The number of hydrogen-bond acceptors (Lipinski definition) is 4. The third-order valence-electron chi connectivity index (χ3n) is 3.61. The van der Waals surface area contributed by atoms with Crippen LogP contribution in [0.15, 0.2) is 16.4 Å². The molecule has 4 nitrogen and oxygen atoms in total. The Labute approximate surface area is 108 Å². The highest BCUT2D eigenvalue weighted by molar-refractivity contribution is 6.10. The number of nitrogens with zero attached hydrogens (tertiary/aromatic N) is 4. The second-order valence-electron chi connectivity index (χ2n) is 4.83. The zero-order valence-corrected chi connectivity index (χ0v) is 10.7. The fraction of sp³-hybridized carbons (Fsp3) is 0.643. The molecule has 18 heavy (non-hydrogen) atoms. The summed E-state index contributed by atoms with van der Waals surface area (Å²) in [6, 6.07) is 3.72. The molecule has 2 aliphatic rings. The number of piperidine rings is 1. The van der Waals surface area contributed by atoms with Crippen LogP contribution in [0.4, 0.5) is 0 Å². The molecule has 1 fully saturated rings. The van der Waals surface area contributed by atoms with Gasteiger partial charge in [-0.1, -0.05) is 0 Å². The lowest BCUT2D eigenvalue weighted by molar-refractivity contribution is 0.266. The summed E-state index contributed by atoms with van der Waals surface area (Å²) in [5, 5.41) is 17.6. The van der Waals surface area contributed by atoms with Crippen LogP contribution in [0.5, 0.6) is 0 Å². The fourth-order valence-electron chi connectivity index (χ4n) is 2.71. The van der Waals surface area contributed by atoms with Crippen molar-refractivity contribution in [1.82, 2.24) is 4.90 Å². The van der Waals surface area contributed by atoms with E-state index in [9.17, 15) is 0 Å². The van der Waals surface area contributed by atoms with Gasteiger partial charge in [-0.05, 0) is 44.9 Å². The third-order valence-corrected chi connectivity index (χ3v) is 3.61. The normalized spacial score (nSPS) is 20.0. The number of rotatable bonds is 2.